The maximum Gasteiger partial charge on any atom is 0.159 e. The van der Waals surface area contributed by atoms with Gasteiger partial charge in [-0.1, -0.05) is 33.6 Å². The zero-order valence-electron chi connectivity index (χ0n) is 13.9. The number of Topliss-reactive ketones (excluding diaryl/α,β-unsaturated/α-hetero) is 1. The summed E-state index contributed by atoms with van der Waals surface area (Å²) in [5.41, 5.74) is 0.912. The quantitative estimate of drug-likeness (QED) is 0.636. The fraction of sp³-hybridized carbons (Fsp3) is 0.824. The van der Waals surface area contributed by atoms with E-state index in [0.717, 1.165) is 30.8 Å². The molecule has 0 bridgehead atoms. The molecule has 0 aromatic rings. The van der Waals surface area contributed by atoms with E-state index >= 15 is 0 Å². The number of allylic oxidation sites excluding steroid dienone is 1. The Kier molecular flexibility index (Phi) is 7.28. The predicted octanol–water partition coefficient (Wildman–Crippen LogP) is 4.13. The molecule has 0 aromatic heterocycles. The molecule has 1 aliphatic heterocycles. The van der Waals surface area contributed by atoms with Gasteiger partial charge in [-0.05, 0) is 33.1 Å². The number of ketones is 1. The van der Waals surface area contributed by atoms with Crippen molar-refractivity contribution in [2.24, 2.45) is 5.92 Å². The van der Waals surface area contributed by atoms with E-state index in [4.69, 9.17) is 4.74 Å². The van der Waals surface area contributed by atoms with Crippen LogP contribution in [0.15, 0.2) is 11.3 Å². The largest absolute Gasteiger partial charge is 0.479 e. The standard InChI is InChI=1S/C17H31NO2/c1-6-9-11-18(12-10-7-2)17-15(8-3)16(13(4)19)14(5)20-17/h15,17H,6-12H2,1-5H3. The van der Waals surface area contributed by atoms with E-state index in [9.17, 15) is 4.79 Å². The van der Waals surface area contributed by atoms with Gasteiger partial charge in [0.25, 0.3) is 0 Å². The summed E-state index contributed by atoms with van der Waals surface area (Å²) in [6.45, 7) is 12.3. The fourth-order valence-electron chi connectivity index (χ4n) is 3.06. The van der Waals surface area contributed by atoms with Gasteiger partial charge in [0.15, 0.2) is 12.0 Å². The number of ether oxygens (including phenoxy) is 1. The molecule has 2 atom stereocenters. The summed E-state index contributed by atoms with van der Waals surface area (Å²) < 4.78 is 6.08. The minimum atomic E-state index is 0.0667. The topological polar surface area (TPSA) is 29.5 Å². The summed E-state index contributed by atoms with van der Waals surface area (Å²) in [7, 11) is 0. The van der Waals surface area contributed by atoms with Gasteiger partial charge in [0.2, 0.25) is 0 Å². The average molecular weight is 281 g/mol. The molecule has 0 radical (unpaired) electrons. The van der Waals surface area contributed by atoms with Crippen molar-refractivity contribution in [2.45, 2.75) is 73.0 Å². The first-order valence-electron chi connectivity index (χ1n) is 8.19. The molecule has 0 aliphatic carbocycles. The van der Waals surface area contributed by atoms with Crippen LogP contribution in [0.3, 0.4) is 0 Å². The van der Waals surface area contributed by atoms with Gasteiger partial charge in [0.1, 0.15) is 5.76 Å². The summed E-state index contributed by atoms with van der Waals surface area (Å²) in [6, 6.07) is 0. The summed E-state index contributed by atoms with van der Waals surface area (Å²) in [5.74, 6) is 1.25. The van der Waals surface area contributed by atoms with Gasteiger partial charge in [-0.3, -0.25) is 9.69 Å². The van der Waals surface area contributed by atoms with Gasteiger partial charge in [-0.2, -0.15) is 0 Å². The van der Waals surface area contributed by atoms with E-state index in [-0.39, 0.29) is 17.9 Å². The third-order valence-corrected chi connectivity index (χ3v) is 4.17. The molecule has 0 saturated carbocycles. The lowest BCUT2D eigenvalue weighted by atomic mass is 9.92. The Bertz CT molecular complexity index is 341. The number of nitrogens with zero attached hydrogens (tertiary/aromatic N) is 1. The normalized spacial score (nSPS) is 22.5. The van der Waals surface area contributed by atoms with Crippen molar-refractivity contribution < 1.29 is 9.53 Å². The lowest BCUT2D eigenvalue weighted by Gasteiger charge is -2.32. The van der Waals surface area contributed by atoms with Crippen LogP contribution in [-0.2, 0) is 9.53 Å². The van der Waals surface area contributed by atoms with Gasteiger partial charge in [0.05, 0.1) is 0 Å². The first-order valence-corrected chi connectivity index (χ1v) is 8.19. The minimum Gasteiger partial charge on any atom is -0.479 e. The fourth-order valence-corrected chi connectivity index (χ4v) is 3.06. The molecule has 1 aliphatic rings. The monoisotopic (exact) mass is 281 g/mol. The Morgan fingerprint density at radius 1 is 1.15 bits per heavy atom. The highest BCUT2D eigenvalue weighted by Crippen LogP contribution is 2.36. The van der Waals surface area contributed by atoms with Crippen molar-refractivity contribution >= 4 is 5.78 Å². The van der Waals surface area contributed by atoms with Gasteiger partial charge < -0.3 is 4.74 Å². The van der Waals surface area contributed by atoms with Crippen LogP contribution in [0.25, 0.3) is 0 Å². The molecule has 2 unspecified atom stereocenters. The smallest absolute Gasteiger partial charge is 0.159 e. The molecule has 0 fully saturated rings. The SMILES string of the molecule is CCCCN(CCCC)C1OC(C)=C(C(C)=O)C1CC. The number of carbonyl (C=O) groups excluding carboxylic acids is 1. The second kappa shape index (κ2) is 8.46. The Morgan fingerprint density at radius 3 is 2.10 bits per heavy atom. The van der Waals surface area contributed by atoms with Crippen molar-refractivity contribution in [2.75, 3.05) is 13.1 Å². The number of rotatable bonds is 9. The highest BCUT2D eigenvalue weighted by atomic mass is 16.5. The highest BCUT2D eigenvalue weighted by molar-refractivity contribution is 5.94. The van der Waals surface area contributed by atoms with Gasteiger partial charge >= 0.3 is 0 Å². The van der Waals surface area contributed by atoms with Crippen LogP contribution in [0.4, 0.5) is 0 Å². The lowest BCUT2D eigenvalue weighted by Crippen LogP contribution is -2.41. The summed E-state index contributed by atoms with van der Waals surface area (Å²) in [4.78, 5) is 14.3. The third kappa shape index (κ3) is 4.08. The number of hydrogen-bond donors (Lipinski definition) is 0. The predicted molar refractivity (Wildman–Crippen MR) is 83.4 cm³/mol. The molecule has 0 amide bonds. The van der Waals surface area contributed by atoms with Crippen molar-refractivity contribution in [3.63, 3.8) is 0 Å². The van der Waals surface area contributed by atoms with Gasteiger partial charge in [-0.15, -0.1) is 0 Å². The van der Waals surface area contributed by atoms with Gasteiger partial charge in [0, 0.05) is 24.6 Å². The Hall–Kier alpha value is -0.830. The third-order valence-electron chi connectivity index (χ3n) is 4.17. The first-order chi connectivity index (χ1) is 9.56. The van der Waals surface area contributed by atoms with Crippen LogP contribution in [0, 0.1) is 5.92 Å². The van der Waals surface area contributed by atoms with E-state index in [0.29, 0.717) is 0 Å². The van der Waals surface area contributed by atoms with E-state index in [1.807, 2.05) is 6.92 Å². The minimum absolute atomic E-state index is 0.0667. The summed E-state index contributed by atoms with van der Waals surface area (Å²) in [6.07, 6.45) is 5.79. The van der Waals surface area contributed by atoms with E-state index < -0.39 is 0 Å². The Balaban J connectivity index is 2.83. The number of unbranched alkanes of at least 4 members (excludes halogenated alkanes) is 2. The molecular formula is C17H31NO2. The lowest BCUT2D eigenvalue weighted by molar-refractivity contribution is -0.114. The zero-order chi connectivity index (χ0) is 15.1. The van der Waals surface area contributed by atoms with Crippen molar-refractivity contribution in [1.29, 1.82) is 0 Å². The van der Waals surface area contributed by atoms with E-state index in [1.165, 1.54) is 25.7 Å². The summed E-state index contributed by atoms with van der Waals surface area (Å²) in [5, 5.41) is 0. The van der Waals surface area contributed by atoms with Crippen LogP contribution in [-0.4, -0.2) is 30.0 Å². The molecule has 20 heavy (non-hydrogen) atoms. The summed E-state index contributed by atoms with van der Waals surface area (Å²) >= 11 is 0. The zero-order valence-corrected chi connectivity index (χ0v) is 13.9. The van der Waals surface area contributed by atoms with Crippen molar-refractivity contribution in [3.8, 4) is 0 Å². The van der Waals surface area contributed by atoms with Gasteiger partial charge in [-0.25, -0.2) is 0 Å². The Morgan fingerprint density at radius 2 is 1.70 bits per heavy atom. The molecule has 0 saturated heterocycles. The molecule has 0 spiro atoms. The van der Waals surface area contributed by atoms with Crippen LogP contribution >= 0.6 is 0 Å². The van der Waals surface area contributed by atoms with E-state index in [2.05, 4.69) is 25.7 Å². The second-order valence-corrected chi connectivity index (χ2v) is 5.79. The molecule has 3 heteroatoms. The number of carbonyl (C=O) groups is 1. The van der Waals surface area contributed by atoms with Crippen LogP contribution in [0.2, 0.25) is 0 Å². The highest BCUT2D eigenvalue weighted by Gasteiger charge is 2.38. The van der Waals surface area contributed by atoms with Crippen LogP contribution in [0.1, 0.15) is 66.7 Å². The molecular weight excluding hydrogens is 250 g/mol. The van der Waals surface area contributed by atoms with Crippen LogP contribution < -0.4 is 0 Å². The van der Waals surface area contributed by atoms with Crippen LogP contribution in [0.5, 0.6) is 0 Å². The maximum atomic E-state index is 11.9. The Labute approximate surface area is 124 Å². The molecule has 0 N–H and O–H groups in total. The first kappa shape index (κ1) is 17.2. The molecule has 1 heterocycles. The van der Waals surface area contributed by atoms with Crippen molar-refractivity contribution in [1.82, 2.24) is 4.90 Å². The average Bonchev–Trinajstić information content (AvgIpc) is 2.75. The van der Waals surface area contributed by atoms with Crippen molar-refractivity contribution in [3.05, 3.63) is 11.3 Å². The maximum absolute atomic E-state index is 11.9. The second-order valence-electron chi connectivity index (χ2n) is 5.79. The number of hydrogen-bond acceptors (Lipinski definition) is 3. The molecule has 116 valence electrons. The molecule has 1 rings (SSSR count). The van der Waals surface area contributed by atoms with E-state index in [1.54, 1.807) is 6.92 Å². The molecule has 3 nitrogen and oxygen atoms in total. The molecule has 0 aromatic carbocycles.